The molecule has 1 aromatic carbocycles. The normalized spacial score (nSPS) is 19.3. The minimum atomic E-state index is -0.562. The number of benzene rings is 1. The lowest BCUT2D eigenvalue weighted by molar-refractivity contribution is -0.103. The SMILES string of the molecule is CC1(C)OC(c2ccc(COC(=O)c3ccccc3)o2)OC1(C)C. The van der Waals surface area contributed by atoms with Crippen LogP contribution in [-0.2, 0) is 20.8 Å². The molecule has 1 saturated heterocycles. The summed E-state index contributed by atoms with van der Waals surface area (Å²) in [6.45, 7) is 8.00. The lowest BCUT2D eigenvalue weighted by atomic mass is 9.90. The van der Waals surface area contributed by atoms with Gasteiger partial charge in [-0.1, -0.05) is 18.2 Å². The van der Waals surface area contributed by atoms with E-state index in [4.69, 9.17) is 18.6 Å². The van der Waals surface area contributed by atoms with Crippen LogP contribution in [0.2, 0.25) is 0 Å². The van der Waals surface area contributed by atoms with Crippen LogP contribution < -0.4 is 0 Å². The third kappa shape index (κ3) is 3.23. The predicted octanol–water partition coefficient (Wildman–Crippen LogP) is 4.24. The smallest absolute Gasteiger partial charge is 0.338 e. The van der Waals surface area contributed by atoms with Crippen molar-refractivity contribution in [3.8, 4) is 0 Å². The first-order valence-corrected chi connectivity index (χ1v) is 7.95. The van der Waals surface area contributed by atoms with Gasteiger partial charge in [-0.25, -0.2) is 4.79 Å². The first-order valence-electron chi connectivity index (χ1n) is 7.95. The van der Waals surface area contributed by atoms with Crippen LogP contribution >= 0.6 is 0 Å². The summed E-state index contributed by atoms with van der Waals surface area (Å²) in [7, 11) is 0. The fourth-order valence-electron chi connectivity index (χ4n) is 2.35. The van der Waals surface area contributed by atoms with Crippen molar-refractivity contribution >= 4 is 5.97 Å². The second-order valence-electron chi connectivity index (χ2n) is 6.83. The summed E-state index contributed by atoms with van der Waals surface area (Å²) in [5, 5.41) is 0. The average Bonchev–Trinajstić information content (AvgIpc) is 3.08. The second-order valence-corrected chi connectivity index (χ2v) is 6.83. The maximum absolute atomic E-state index is 11.9. The van der Waals surface area contributed by atoms with Gasteiger partial charge in [0.25, 0.3) is 0 Å². The van der Waals surface area contributed by atoms with Crippen molar-refractivity contribution in [2.24, 2.45) is 0 Å². The third-order valence-electron chi connectivity index (χ3n) is 4.52. The number of carbonyl (C=O) groups is 1. The van der Waals surface area contributed by atoms with Crippen molar-refractivity contribution in [2.45, 2.75) is 51.8 Å². The van der Waals surface area contributed by atoms with Crippen molar-refractivity contribution in [1.29, 1.82) is 0 Å². The largest absolute Gasteiger partial charge is 0.457 e. The molecule has 5 heteroatoms. The molecule has 1 fully saturated rings. The van der Waals surface area contributed by atoms with Crippen LogP contribution in [0.3, 0.4) is 0 Å². The molecule has 0 bridgehead atoms. The zero-order chi connectivity index (χ0) is 17.4. The fourth-order valence-corrected chi connectivity index (χ4v) is 2.35. The van der Waals surface area contributed by atoms with Crippen LogP contribution in [0.5, 0.6) is 0 Å². The molecule has 1 aliphatic rings. The van der Waals surface area contributed by atoms with Gasteiger partial charge in [0.05, 0.1) is 16.8 Å². The molecule has 128 valence electrons. The minimum Gasteiger partial charge on any atom is -0.457 e. The highest BCUT2D eigenvalue weighted by molar-refractivity contribution is 5.89. The van der Waals surface area contributed by atoms with E-state index < -0.39 is 17.5 Å². The zero-order valence-electron chi connectivity index (χ0n) is 14.4. The molecule has 0 spiro atoms. The molecule has 0 N–H and O–H groups in total. The third-order valence-corrected chi connectivity index (χ3v) is 4.52. The van der Waals surface area contributed by atoms with Gasteiger partial charge in [0.15, 0.2) is 5.76 Å². The molecule has 5 nitrogen and oxygen atoms in total. The number of ether oxygens (including phenoxy) is 3. The standard InChI is InChI=1S/C19H22O5/c1-18(2)19(3,4)24-17(23-18)15-11-10-14(22-15)12-21-16(20)13-8-6-5-7-9-13/h5-11,17H,12H2,1-4H3. The Labute approximate surface area is 141 Å². The van der Waals surface area contributed by atoms with Crippen LogP contribution in [0.1, 0.15) is 55.9 Å². The van der Waals surface area contributed by atoms with Crippen LogP contribution in [-0.4, -0.2) is 17.2 Å². The van der Waals surface area contributed by atoms with Gasteiger partial charge in [-0.3, -0.25) is 0 Å². The zero-order valence-corrected chi connectivity index (χ0v) is 14.4. The van der Waals surface area contributed by atoms with Crippen molar-refractivity contribution in [3.05, 3.63) is 59.5 Å². The molecule has 0 amide bonds. The van der Waals surface area contributed by atoms with Crippen LogP contribution in [0, 0.1) is 0 Å². The summed E-state index contributed by atoms with van der Waals surface area (Å²) in [6, 6.07) is 12.4. The summed E-state index contributed by atoms with van der Waals surface area (Å²) >= 11 is 0. The Hall–Kier alpha value is -2.11. The topological polar surface area (TPSA) is 57.9 Å². The van der Waals surface area contributed by atoms with Crippen molar-refractivity contribution < 1.29 is 23.4 Å². The van der Waals surface area contributed by atoms with E-state index >= 15 is 0 Å². The Morgan fingerprint density at radius 2 is 1.62 bits per heavy atom. The highest BCUT2D eigenvalue weighted by atomic mass is 16.8. The van der Waals surface area contributed by atoms with E-state index in [-0.39, 0.29) is 12.6 Å². The van der Waals surface area contributed by atoms with Gasteiger partial charge in [0, 0.05) is 0 Å². The molecule has 24 heavy (non-hydrogen) atoms. The van der Waals surface area contributed by atoms with E-state index in [9.17, 15) is 4.79 Å². The monoisotopic (exact) mass is 330 g/mol. The Morgan fingerprint density at radius 3 is 2.25 bits per heavy atom. The van der Waals surface area contributed by atoms with Crippen LogP contribution in [0.15, 0.2) is 46.9 Å². The van der Waals surface area contributed by atoms with Gasteiger partial charge in [-0.2, -0.15) is 0 Å². The number of esters is 1. The van der Waals surface area contributed by atoms with E-state index in [1.807, 2.05) is 33.8 Å². The maximum Gasteiger partial charge on any atom is 0.338 e. The van der Waals surface area contributed by atoms with Gasteiger partial charge in [-0.05, 0) is 52.0 Å². The Balaban J connectivity index is 1.62. The highest BCUT2D eigenvalue weighted by Crippen LogP contribution is 2.44. The molecule has 3 rings (SSSR count). The summed E-state index contributed by atoms with van der Waals surface area (Å²) in [5.41, 5.74) is -0.343. The van der Waals surface area contributed by atoms with E-state index in [0.29, 0.717) is 17.1 Å². The summed E-state index contributed by atoms with van der Waals surface area (Å²) in [6.07, 6.45) is -0.562. The summed E-state index contributed by atoms with van der Waals surface area (Å²) < 4.78 is 22.8. The van der Waals surface area contributed by atoms with Crippen molar-refractivity contribution in [1.82, 2.24) is 0 Å². The van der Waals surface area contributed by atoms with Crippen LogP contribution in [0.4, 0.5) is 0 Å². The molecule has 1 aliphatic heterocycles. The highest BCUT2D eigenvalue weighted by Gasteiger charge is 2.50. The molecule has 0 saturated carbocycles. The Morgan fingerprint density at radius 1 is 1.00 bits per heavy atom. The van der Waals surface area contributed by atoms with Crippen molar-refractivity contribution in [3.63, 3.8) is 0 Å². The van der Waals surface area contributed by atoms with Gasteiger partial charge in [0.1, 0.15) is 12.4 Å². The predicted molar refractivity (Wildman–Crippen MR) is 87.3 cm³/mol. The molecule has 0 atom stereocenters. The second kappa shape index (κ2) is 6.07. The minimum absolute atomic E-state index is 0.0627. The lowest BCUT2D eigenvalue weighted by Gasteiger charge is -2.30. The molecule has 2 aromatic rings. The Bertz CT molecular complexity index is 698. The van der Waals surface area contributed by atoms with Gasteiger partial charge < -0.3 is 18.6 Å². The molecule has 0 aliphatic carbocycles. The van der Waals surface area contributed by atoms with Crippen LogP contribution in [0.25, 0.3) is 0 Å². The first kappa shape index (κ1) is 16.7. The average molecular weight is 330 g/mol. The number of rotatable bonds is 4. The molecule has 0 unspecified atom stereocenters. The van der Waals surface area contributed by atoms with E-state index in [1.54, 1.807) is 36.4 Å². The number of carbonyl (C=O) groups excluding carboxylic acids is 1. The van der Waals surface area contributed by atoms with E-state index in [1.165, 1.54) is 0 Å². The van der Waals surface area contributed by atoms with E-state index in [2.05, 4.69) is 0 Å². The molecule has 0 radical (unpaired) electrons. The molecule has 2 heterocycles. The number of hydrogen-bond donors (Lipinski definition) is 0. The molecular weight excluding hydrogens is 308 g/mol. The van der Waals surface area contributed by atoms with Gasteiger partial charge >= 0.3 is 5.97 Å². The fraction of sp³-hybridized carbons (Fsp3) is 0.421. The van der Waals surface area contributed by atoms with Gasteiger partial charge in [-0.15, -0.1) is 0 Å². The first-order chi connectivity index (χ1) is 11.3. The van der Waals surface area contributed by atoms with Gasteiger partial charge in [0.2, 0.25) is 6.29 Å². The number of hydrogen-bond acceptors (Lipinski definition) is 5. The molecular formula is C19H22O5. The summed E-state index contributed by atoms with van der Waals surface area (Å²) in [4.78, 5) is 11.9. The molecule has 1 aromatic heterocycles. The quantitative estimate of drug-likeness (QED) is 0.785. The maximum atomic E-state index is 11.9. The van der Waals surface area contributed by atoms with E-state index in [0.717, 1.165) is 0 Å². The van der Waals surface area contributed by atoms with Crippen molar-refractivity contribution in [2.75, 3.05) is 0 Å². The summed E-state index contributed by atoms with van der Waals surface area (Å²) in [5.74, 6) is 0.729. The Kier molecular flexibility index (Phi) is 4.24. The number of furan rings is 1. The lowest BCUT2D eigenvalue weighted by Crippen LogP contribution is -2.41.